The van der Waals surface area contributed by atoms with Crippen LogP contribution >= 0.6 is 0 Å². The lowest BCUT2D eigenvalue weighted by Gasteiger charge is -1.98. The van der Waals surface area contributed by atoms with Crippen LogP contribution in [0.15, 0.2) is 11.6 Å². The second-order valence-corrected chi connectivity index (χ2v) is 2.38. The van der Waals surface area contributed by atoms with Crippen LogP contribution in [0.4, 0.5) is 0 Å². The number of likely N-dealkylation sites (N-methyl/N-ethyl adjacent to an activating group) is 1. The minimum atomic E-state index is -0.270. The molecular weight excluding hydrogens is 152 g/mol. The van der Waals surface area contributed by atoms with Crippen LogP contribution in [0.1, 0.15) is 26.7 Å². The Kier molecular flexibility index (Phi) is 5.72. The van der Waals surface area contributed by atoms with Crippen molar-refractivity contribution < 1.29 is 4.79 Å². The summed E-state index contributed by atoms with van der Waals surface area (Å²) in [5.41, 5.74) is 0.221. The van der Waals surface area contributed by atoms with Crippen LogP contribution in [-0.2, 0) is 4.79 Å². The lowest BCUT2D eigenvalue weighted by molar-refractivity contribution is -0.117. The Bertz CT molecular complexity index is 213. The van der Waals surface area contributed by atoms with E-state index in [1.165, 1.54) is 0 Å². The Balaban J connectivity index is 4.16. The molecule has 0 radical (unpaired) electrons. The van der Waals surface area contributed by atoms with Crippen molar-refractivity contribution in [2.45, 2.75) is 26.7 Å². The topological polar surface area (TPSA) is 52.9 Å². The number of carbonyl (C=O) groups is 1. The third-order valence-corrected chi connectivity index (χ3v) is 1.34. The fraction of sp³-hybridized carbons (Fsp3) is 0.556. The summed E-state index contributed by atoms with van der Waals surface area (Å²) in [5.74, 6) is -0.270. The number of hydrogen-bond donors (Lipinski definition) is 1. The molecule has 0 unspecified atom stereocenters. The highest BCUT2D eigenvalue weighted by Crippen LogP contribution is 1.97. The molecular formula is C9H14N2O. The van der Waals surface area contributed by atoms with Gasteiger partial charge in [-0.25, -0.2) is 0 Å². The Labute approximate surface area is 73.1 Å². The van der Waals surface area contributed by atoms with Crippen molar-refractivity contribution in [1.29, 1.82) is 5.26 Å². The Morgan fingerprint density at radius 2 is 2.25 bits per heavy atom. The molecule has 0 aliphatic heterocycles. The van der Waals surface area contributed by atoms with Crippen molar-refractivity contribution in [2.75, 3.05) is 6.54 Å². The van der Waals surface area contributed by atoms with Crippen LogP contribution in [0, 0.1) is 11.3 Å². The number of hydrogen-bond acceptors (Lipinski definition) is 2. The molecule has 0 spiro atoms. The molecule has 0 aromatic heterocycles. The van der Waals surface area contributed by atoms with Gasteiger partial charge in [0.2, 0.25) is 0 Å². The fourth-order valence-electron chi connectivity index (χ4n) is 0.734. The van der Waals surface area contributed by atoms with E-state index in [9.17, 15) is 4.79 Å². The zero-order valence-electron chi connectivity index (χ0n) is 7.55. The Hall–Kier alpha value is -1.30. The molecule has 0 atom stereocenters. The first-order valence-electron chi connectivity index (χ1n) is 4.14. The summed E-state index contributed by atoms with van der Waals surface area (Å²) in [6, 6.07) is 1.87. The van der Waals surface area contributed by atoms with Crippen molar-refractivity contribution in [3.05, 3.63) is 11.6 Å². The van der Waals surface area contributed by atoms with Gasteiger partial charge in [-0.15, -0.1) is 0 Å². The van der Waals surface area contributed by atoms with Crippen LogP contribution in [-0.4, -0.2) is 12.5 Å². The lowest BCUT2D eigenvalue weighted by atomic mass is 10.2. The van der Waals surface area contributed by atoms with Crippen molar-refractivity contribution in [3.8, 4) is 6.07 Å². The van der Waals surface area contributed by atoms with Crippen molar-refractivity contribution in [1.82, 2.24) is 5.32 Å². The molecule has 0 fully saturated rings. The molecule has 3 heteroatoms. The fourth-order valence-corrected chi connectivity index (χ4v) is 0.734. The average Bonchev–Trinajstić information content (AvgIpc) is 2.06. The number of rotatable bonds is 4. The van der Waals surface area contributed by atoms with E-state index in [-0.39, 0.29) is 11.5 Å². The minimum absolute atomic E-state index is 0.221. The number of nitrogens with zero attached hydrogens (tertiary/aromatic N) is 1. The van der Waals surface area contributed by atoms with E-state index in [0.717, 1.165) is 12.8 Å². The molecule has 66 valence electrons. The Morgan fingerprint density at radius 1 is 1.58 bits per heavy atom. The number of unbranched alkanes of at least 4 members (excludes halogenated alkanes) is 1. The van der Waals surface area contributed by atoms with Gasteiger partial charge >= 0.3 is 0 Å². The van der Waals surface area contributed by atoms with Crippen LogP contribution in [0.3, 0.4) is 0 Å². The van der Waals surface area contributed by atoms with E-state index < -0.39 is 0 Å². The van der Waals surface area contributed by atoms with E-state index >= 15 is 0 Å². The molecule has 0 aliphatic carbocycles. The molecule has 1 amide bonds. The molecule has 12 heavy (non-hydrogen) atoms. The van der Waals surface area contributed by atoms with Gasteiger partial charge in [0.05, 0.1) is 0 Å². The van der Waals surface area contributed by atoms with Crippen molar-refractivity contribution >= 4 is 5.91 Å². The van der Waals surface area contributed by atoms with E-state index in [1.54, 1.807) is 6.08 Å². The number of allylic oxidation sites excluding steroid dienone is 1. The van der Waals surface area contributed by atoms with Gasteiger partial charge in [-0.2, -0.15) is 5.26 Å². The summed E-state index contributed by atoms with van der Waals surface area (Å²) in [5, 5.41) is 11.1. The first-order chi connectivity index (χ1) is 5.76. The monoisotopic (exact) mass is 166 g/mol. The first kappa shape index (κ1) is 10.7. The predicted molar refractivity (Wildman–Crippen MR) is 47.3 cm³/mol. The summed E-state index contributed by atoms with van der Waals surface area (Å²) in [6.07, 6.45) is 3.40. The van der Waals surface area contributed by atoms with Gasteiger partial charge < -0.3 is 5.32 Å². The number of nitrogens with one attached hydrogen (secondary N) is 1. The van der Waals surface area contributed by atoms with Gasteiger partial charge in [0.1, 0.15) is 11.6 Å². The van der Waals surface area contributed by atoms with Gasteiger partial charge in [0, 0.05) is 6.54 Å². The number of amides is 1. The van der Waals surface area contributed by atoms with Crippen molar-refractivity contribution in [3.63, 3.8) is 0 Å². The standard InChI is InChI=1S/C9H14N2O/c1-3-5-6-8(7-10)9(12)11-4-2/h6H,3-5H2,1-2H3,(H,11,12)/b8-6-. The minimum Gasteiger partial charge on any atom is -0.352 e. The summed E-state index contributed by atoms with van der Waals surface area (Å²) in [6.45, 7) is 4.39. The number of carbonyl (C=O) groups excluding carboxylic acids is 1. The quantitative estimate of drug-likeness (QED) is 0.506. The second-order valence-electron chi connectivity index (χ2n) is 2.38. The van der Waals surface area contributed by atoms with E-state index in [4.69, 9.17) is 5.26 Å². The molecule has 0 aromatic rings. The summed E-state index contributed by atoms with van der Waals surface area (Å²) in [4.78, 5) is 11.1. The van der Waals surface area contributed by atoms with Gasteiger partial charge in [-0.1, -0.05) is 19.4 Å². The maximum Gasteiger partial charge on any atom is 0.261 e. The SMILES string of the molecule is CCC/C=C(/C#N)C(=O)NCC. The Morgan fingerprint density at radius 3 is 2.67 bits per heavy atom. The third kappa shape index (κ3) is 3.77. The lowest BCUT2D eigenvalue weighted by Crippen LogP contribution is -2.23. The molecule has 0 aliphatic rings. The summed E-state index contributed by atoms with van der Waals surface area (Å²) in [7, 11) is 0. The molecule has 0 rings (SSSR count). The molecule has 0 saturated heterocycles. The van der Waals surface area contributed by atoms with Gasteiger partial charge in [-0.3, -0.25) is 4.79 Å². The molecule has 0 saturated carbocycles. The highest BCUT2D eigenvalue weighted by Gasteiger charge is 2.04. The van der Waals surface area contributed by atoms with Gasteiger partial charge in [0.25, 0.3) is 5.91 Å². The van der Waals surface area contributed by atoms with E-state index in [0.29, 0.717) is 6.54 Å². The second kappa shape index (κ2) is 6.41. The molecule has 0 bridgehead atoms. The van der Waals surface area contributed by atoms with Crippen molar-refractivity contribution in [2.24, 2.45) is 0 Å². The maximum atomic E-state index is 11.1. The van der Waals surface area contributed by atoms with E-state index in [1.807, 2.05) is 19.9 Å². The van der Waals surface area contributed by atoms with E-state index in [2.05, 4.69) is 5.32 Å². The predicted octanol–water partition coefficient (Wildman–Crippen LogP) is 1.37. The zero-order chi connectivity index (χ0) is 9.40. The average molecular weight is 166 g/mol. The van der Waals surface area contributed by atoms with Crippen LogP contribution in [0.5, 0.6) is 0 Å². The van der Waals surface area contributed by atoms with Gasteiger partial charge in [-0.05, 0) is 13.3 Å². The highest BCUT2D eigenvalue weighted by atomic mass is 16.1. The molecule has 1 N–H and O–H groups in total. The first-order valence-corrected chi connectivity index (χ1v) is 4.14. The van der Waals surface area contributed by atoms with Crippen LogP contribution in [0.2, 0.25) is 0 Å². The summed E-state index contributed by atoms with van der Waals surface area (Å²) >= 11 is 0. The number of nitriles is 1. The van der Waals surface area contributed by atoms with Gasteiger partial charge in [0.15, 0.2) is 0 Å². The molecule has 3 nitrogen and oxygen atoms in total. The largest absolute Gasteiger partial charge is 0.352 e. The normalized spacial score (nSPS) is 10.6. The molecule has 0 heterocycles. The third-order valence-electron chi connectivity index (χ3n) is 1.34. The highest BCUT2D eigenvalue weighted by molar-refractivity contribution is 5.97. The smallest absolute Gasteiger partial charge is 0.261 e. The maximum absolute atomic E-state index is 11.1. The van der Waals surface area contributed by atoms with Crippen LogP contribution in [0.25, 0.3) is 0 Å². The summed E-state index contributed by atoms with van der Waals surface area (Å²) < 4.78 is 0. The van der Waals surface area contributed by atoms with Crippen LogP contribution < -0.4 is 5.32 Å². The molecule has 0 aromatic carbocycles. The zero-order valence-corrected chi connectivity index (χ0v) is 7.55.